The summed E-state index contributed by atoms with van der Waals surface area (Å²) in [6.07, 6.45) is 10.2. The molecule has 4 heteroatoms. The minimum Gasteiger partial charge on any atom is -0.347 e. The molecule has 3 rings (SSSR count). The van der Waals surface area contributed by atoms with E-state index >= 15 is 0 Å². The van der Waals surface area contributed by atoms with Crippen LogP contribution in [0, 0.1) is 0 Å². The highest BCUT2D eigenvalue weighted by Crippen LogP contribution is 2.23. The summed E-state index contributed by atoms with van der Waals surface area (Å²) in [6.45, 7) is 5.26. The Balaban J connectivity index is 1.52. The van der Waals surface area contributed by atoms with Crippen molar-refractivity contribution in [2.45, 2.75) is 77.4 Å². The summed E-state index contributed by atoms with van der Waals surface area (Å²) >= 11 is 0. The lowest BCUT2D eigenvalue weighted by atomic mass is 9.96. The molecule has 0 radical (unpaired) electrons. The Labute approximate surface area is 151 Å². The van der Waals surface area contributed by atoms with Crippen LogP contribution < -0.4 is 10.6 Å². The highest BCUT2D eigenvalue weighted by molar-refractivity contribution is 5.84. The normalized spacial score (nSPS) is 16.7. The van der Waals surface area contributed by atoms with Gasteiger partial charge in [-0.25, -0.2) is 4.79 Å². The summed E-state index contributed by atoms with van der Waals surface area (Å²) in [5.41, 5.74) is 2.68. The average molecular weight is 341 g/mol. The van der Waals surface area contributed by atoms with Gasteiger partial charge in [0.25, 0.3) is 0 Å². The lowest BCUT2D eigenvalue weighted by Gasteiger charge is -2.24. The van der Waals surface area contributed by atoms with E-state index in [1.54, 1.807) is 0 Å². The molecule has 0 bridgehead atoms. The number of rotatable bonds is 6. The second kappa shape index (κ2) is 8.41. The summed E-state index contributed by atoms with van der Waals surface area (Å²) in [7, 11) is 0. The van der Waals surface area contributed by atoms with Crippen molar-refractivity contribution >= 4 is 16.9 Å². The molecule has 2 amide bonds. The van der Waals surface area contributed by atoms with E-state index in [0.29, 0.717) is 6.04 Å². The van der Waals surface area contributed by atoms with Crippen molar-refractivity contribution in [3.63, 3.8) is 0 Å². The number of aryl methyl sites for hydroxylation is 2. The molecule has 1 aromatic heterocycles. The molecule has 1 heterocycles. The Morgan fingerprint density at radius 1 is 1.24 bits per heavy atom. The molecule has 1 aromatic carbocycles. The second-order valence-corrected chi connectivity index (χ2v) is 7.35. The van der Waals surface area contributed by atoms with E-state index in [1.807, 2.05) is 0 Å². The molecule has 1 saturated carbocycles. The number of nitrogens with one attached hydrogen (secondary N) is 2. The quantitative estimate of drug-likeness (QED) is 0.791. The Kier molecular flexibility index (Phi) is 6.00. The summed E-state index contributed by atoms with van der Waals surface area (Å²) in [5.74, 6) is 0. The van der Waals surface area contributed by atoms with Crippen molar-refractivity contribution in [2.75, 3.05) is 0 Å². The van der Waals surface area contributed by atoms with E-state index in [0.717, 1.165) is 32.2 Å². The van der Waals surface area contributed by atoms with Crippen LogP contribution in [0.1, 0.15) is 57.9 Å². The zero-order valence-electron chi connectivity index (χ0n) is 15.6. The van der Waals surface area contributed by atoms with E-state index in [-0.39, 0.29) is 12.1 Å². The van der Waals surface area contributed by atoms with Gasteiger partial charge in [-0.15, -0.1) is 0 Å². The molecule has 1 atom stereocenters. The van der Waals surface area contributed by atoms with Crippen LogP contribution >= 0.6 is 0 Å². The van der Waals surface area contributed by atoms with Gasteiger partial charge in [0, 0.05) is 35.7 Å². The lowest BCUT2D eigenvalue weighted by Crippen LogP contribution is -2.46. The zero-order chi connectivity index (χ0) is 17.6. The summed E-state index contributed by atoms with van der Waals surface area (Å²) < 4.78 is 2.30. The number of hydrogen-bond acceptors (Lipinski definition) is 1. The topological polar surface area (TPSA) is 46.1 Å². The number of carbonyl (C=O) groups excluding carboxylic acids is 1. The molecule has 2 N–H and O–H groups in total. The van der Waals surface area contributed by atoms with E-state index < -0.39 is 0 Å². The Morgan fingerprint density at radius 3 is 2.76 bits per heavy atom. The molecule has 1 aliphatic carbocycles. The summed E-state index contributed by atoms with van der Waals surface area (Å²) in [6, 6.07) is 9.11. The van der Waals surface area contributed by atoms with Crippen molar-refractivity contribution in [1.82, 2.24) is 15.2 Å². The van der Waals surface area contributed by atoms with Gasteiger partial charge in [0.2, 0.25) is 0 Å². The first-order valence-electron chi connectivity index (χ1n) is 9.81. The maximum atomic E-state index is 12.2. The van der Waals surface area contributed by atoms with Gasteiger partial charge in [-0.05, 0) is 51.2 Å². The van der Waals surface area contributed by atoms with Crippen LogP contribution in [0.25, 0.3) is 10.9 Å². The van der Waals surface area contributed by atoms with Crippen molar-refractivity contribution < 1.29 is 4.79 Å². The third kappa shape index (κ3) is 4.56. The number of amides is 2. The van der Waals surface area contributed by atoms with Gasteiger partial charge < -0.3 is 15.2 Å². The summed E-state index contributed by atoms with van der Waals surface area (Å²) in [4.78, 5) is 12.2. The Hall–Kier alpha value is -1.97. The summed E-state index contributed by atoms with van der Waals surface area (Å²) in [5, 5.41) is 7.58. The first kappa shape index (κ1) is 17.8. The minimum absolute atomic E-state index is 0.00427. The first-order valence-corrected chi connectivity index (χ1v) is 9.81. The van der Waals surface area contributed by atoms with Gasteiger partial charge in [-0.3, -0.25) is 0 Å². The van der Waals surface area contributed by atoms with Crippen LogP contribution in [-0.2, 0) is 13.0 Å². The minimum atomic E-state index is -0.00427. The molecule has 136 valence electrons. The second-order valence-electron chi connectivity index (χ2n) is 7.35. The largest absolute Gasteiger partial charge is 0.347 e. The highest BCUT2D eigenvalue weighted by atomic mass is 16.2. The average Bonchev–Trinajstić information content (AvgIpc) is 2.99. The SMILES string of the molecule is CCn1cc(CC[C@H](C)NC(=O)NC2CCCCC2)c2ccccc21. The van der Waals surface area contributed by atoms with Crippen LogP contribution in [0.2, 0.25) is 0 Å². The third-order valence-electron chi connectivity index (χ3n) is 5.38. The van der Waals surface area contributed by atoms with E-state index in [1.165, 1.54) is 35.7 Å². The number of aromatic nitrogens is 1. The van der Waals surface area contributed by atoms with Crippen LogP contribution in [-0.4, -0.2) is 22.7 Å². The molecule has 4 nitrogen and oxygen atoms in total. The Morgan fingerprint density at radius 2 is 2.00 bits per heavy atom. The van der Waals surface area contributed by atoms with Gasteiger partial charge in [0.1, 0.15) is 0 Å². The molecule has 0 spiro atoms. The molecular weight excluding hydrogens is 310 g/mol. The smallest absolute Gasteiger partial charge is 0.315 e. The molecule has 1 fully saturated rings. The third-order valence-corrected chi connectivity index (χ3v) is 5.38. The van der Waals surface area contributed by atoms with Gasteiger partial charge in [-0.2, -0.15) is 0 Å². The van der Waals surface area contributed by atoms with Crippen LogP contribution in [0.4, 0.5) is 4.79 Å². The molecule has 25 heavy (non-hydrogen) atoms. The molecule has 1 aliphatic rings. The molecule has 0 unspecified atom stereocenters. The van der Waals surface area contributed by atoms with Crippen molar-refractivity contribution in [1.29, 1.82) is 0 Å². The van der Waals surface area contributed by atoms with E-state index in [9.17, 15) is 4.79 Å². The van der Waals surface area contributed by atoms with Crippen LogP contribution in [0.15, 0.2) is 30.5 Å². The molecule has 0 saturated heterocycles. The fourth-order valence-corrected chi connectivity index (χ4v) is 3.93. The Bertz CT molecular complexity index is 700. The number of urea groups is 1. The van der Waals surface area contributed by atoms with E-state index in [2.05, 4.69) is 59.5 Å². The fourth-order valence-electron chi connectivity index (χ4n) is 3.93. The van der Waals surface area contributed by atoms with Crippen molar-refractivity contribution in [3.05, 3.63) is 36.0 Å². The maximum absolute atomic E-state index is 12.2. The highest BCUT2D eigenvalue weighted by Gasteiger charge is 2.17. The number of hydrogen-bond donors (Lipinski definition) is 2. The predicted octanol–water partition coefficient (Wildman–Crippen LogP) is 4.61. The van der Waals surface area contributed by atoms with Crippen molar-refractivity contribution in [2.24, 2.45) is 0 Å². The molecule has 2 aromatic rings. The first-order chi connectivity index (χ1) is 12.2. The number of carbonyl (C=O) groups is 1. The molecule has 0 aliphatic heterocycles. The number of fused-ring (bicyclic) bond motifs is 1. The predicted molar refractivity (Wildman–Crippen MR) is 104 cm³/mol. The van der Waals surface area contributed by atoms with Crippen LogP contribution in [0.5, 0.6) is 0 Å². The van der Waals surface area contributed by atoms with Gasteiger partial charge in [0.05, 0.1) is 0 Å². The monoisotopic (exact) mass is 341 g/mol. The maximum Gasteiger partial charge on any atom is 0.315 e. The number of benzene rings is 1. The van der Waals surface area contributed by atoms with Gasteiger partial charge in [-0.1, -0.05) is 37.5 Å². The van der Waals surface area contributed by atoms with Crippen LogP contribution in [0.3, 0.4) is 0 Å². The van der Waals surface area contributed by atoms with Gasteiger partial charge in [0.15, 0.2) is 0 Å². The lowest BCUT2D eigenvalue weighted by molar-refractivity contribution is 0.229. The zero-order valence-corrected chi connectivity index (χ0v) is 15.6. The number of nitrogens with zero attached hydrogens (tertiary/aromatic N) is 1. The molecular formula is C21H31N3O. The van der Waals surface area contributed by atoms with Gasteiger partial charge >= 0.3 is 6.03 Å². The fraction of sp³-hybridized carbons (Fsp3) is 0.571. The number of para-hydroxylation sites is 1. The standard InChI is InChI=1S/C21H31N3O/c1-3-24-15-17(19-11-7-8-12-20(19)24)14-13-16(2)22-21(25)23-18-9-5-4-6-10-18/h7-8,11-12,15-16,18H,3-6,9-10,13-14H2,1-2H3,(H2,22,23,25)/t16-/m0/s1. The van der Waals surface area contributed by atoms with E-state index in [4.69, 9.17) is 0 Å². The van der Waals surface area contributed by atoms with Crippen molar-refractivity contribution in [3.8, 4) is 0 Å².